The normalized spacial score (nSPS) is 23.5. The van der Waals surface area contributed by atoms with Gasteiger partial charge in [-0.25, -0.2) is 0 Å². The van der Waals surface area contributed by atoms with Crippen molar-refractivity contribution in [2.24, 2.45) is 17.8 Å². The van der Waals surface area contributed by atoms with Crippen molar-refractivity contribution in [1.29, 1.82) is 0 Å². The second kappa shape index (κ2) is 12.6. The lowest BCUT2D eigenvalue weighted by Gasteiger charge is -2.39. The molecule has 9 nitrogen and oxygen atoms in total. The van der Waals surface area contributed by atoms with E-state index < -0.39 is 18.1 Å². The number of amides is 4. The zero-order chi connectivity index (χ0) is 27.3. The summed E-state index contributed by atoms with van der Waals surface area (Å²) < 4.78 is 0. The molecule has 9 heteroatoms. The Balaban J connectivity index is 1.74. The van der Waals surface area contributed by atoms with Crippen molar-refractivity contribution < 1.29 is 24.3 Å². The summed E-state index contributed by atoms with van der Waals surface area (Å²) in [5, 5.41) is 14.3. The molecule has 0 aromatic rings. The Morgan fingerprint density at radius 2 is 1.68 bits per heavy atom. The van der Waals surface area contributed by atoms with E-state index in [2.05, 4.69) is 5.32 Å². The topological polar surface area (TPSA) is 110 Å². The van der Waals surface area contributed by atoms with E-state index in [9.17, 15) is 24.3 Å². The minimum Gasteiger partial charge on any atom is -0.390 e. The molecule has 1 heterocycles. The first-order valence-electron chi connectivity index (χ1n) is 14.1. The average Bonchev–Trinajstić information content (AvgIpc) is 3.66. The smallest absolute Gasteiger partial charge is 0.241 e. The Morgan fingerprint density at radius 3 is 2.22 bits per heavy atom. The molecule has 3 aliphatic rings. The second-order valence-corrected chi connectivity index (χ2v) is 12.4. The van der Waals surface area contributed by atoms with Gasteiger partial charge in [0.2, 0.25) is 23.6 Å². The Bertz CT molecular complexity index is 834. The van der Waals surface area contributed by atoms with Crippen LogP contribution in [0.15, 0.2) is 0 Å². The number of nitrogens with zero attached hydrogens (tertiary/aromatic N) is 3. The number of hydrogen-bond acceptors (Lipinski definition) is 5. The van der Waals surface area contributed by atoms with E-state index in [-0.39, 0.29) is 48.6 Å². The van der Waals surface area contributed by atoms with E-state index in [1.54, 1.807) is 26.0 Å². The van der Waals surface area contributed by atoms with Crippen molar-refractivity contribution in [3.63, 3.8) is 0 Å². The Hall–Kier alpha value is -2.16. The Labute approximate surface area is 222 Å². The van der Waals surface area contributed by atoms with E-state index in [0.717, 1.165) is 38.5 Å². The van der Waals surface area contributed by atoms with Crippen molar-refractivity contribution >= 4 is 23.6 Å². The molecule has 1 aliphatic heterocycles. The van der Waals surface area contributed by atoms with Gasteiger partial charge in [0.15, 0.2) is 0 Å². The number of nitrogens with one attached hydrogen (secondary N) is 1. The number of rotatable bonds is 12. The number of carbonyl (C=O) groups is 4. The molecule has 0 spiro atoms. The molecular weight excluding hydrogens is 472 g/mol. The predicted molar refractivity (Wildman–Crippen MR) is 141 cm³/mol. The molecule has 3 rings (SSSR count). The average molecular weight is 521 g/mol. The summed E-state index contributed by atoms with van der Waals surface area (Å²) in [7, 11) is 5.04. The third kappa shape index (κ3) is 7.91. The lowest BCUT2D eigenvalue weighted by atomic mass is 9.80. The van der Waals surface area contributed by atoms with E-state index in [1.807, 2.05) is 18.7 Å². The number of aliphatic hydroxyl groups is 1. The van der Waals surface area contributed by atoms with E-state index in [1.165, 1.54) is 11.3 Å². The molecule has 2 aliphatic carbocycles. The van der Waals surface area contributed by atoms with Crippen LogP contribution >= 0.6 is 0 Å². The van der Waals surface area contributed by atoms with Crippen molar-refractivity contribution in [2.75, 3.05) is 34.2 Å². The lowest BCUT2D eigenvalue weighted by Crippen LogP contribution is -2.52. The maximum absolute atomic E-state index is 13.6. The third-order valence-electron chi connectivity index (χ3n) is 8.76. The van der Waals surface area contributed by atoms with Gasteiger partial charge in [-0.05, 0) is 51.4 Å². The molecule has 3 fully saturated rings. The summed E-state index contributed by atoms with van der Waals surface area (Å²) in [6, 6.07) is -0.439. The fourth-order valence-corrected chi connectivity index (χ4v) is 5.85. The summed E-state index contributed by atoms with van der Waals surface area (Å²) in [5.41, 5.74) is -0.342. The third-order valence-corrected chi connectivity index (χ3v) is 8.76. The molecule has 2 saturated carbocycles. The molecule has 2 N–H and O–H groups in total. The molecular formula is C28H48N4O5. The van der Waals surface area contributed by atoms with Crippen LogP contribution in [0.1, 0.15) is 84.5 Å². The Morgan fingerprint density at radius 1 is 1.03 bits per heavy atom. The van der Waals surface area contributed by atoms with Crippen LogP contribution in [0.2, 0.25) is 0 Å². The van der Waals surface area contributed by atoms with Crippen molar-refractivity contribution in [3.05, 3.63) is 0 Å². The number of carbonyl (C=O) groups excluding carboxylic acids is 4. The van der Waals surface area contributed by atoms with Gasteiger partial charge in [-0.15, -0.1) is 0 Å². The van der Waals surface area contributed by atoms with Crippen LogP contribution in [0.25, 0.3) is 0 Å². The van der Waals surface area contributed by atoms with Gasteiger partial charge < -0.3 is 25.1 Å². The second-order valence-electron chi connectivity index (χ2n) is 12.4. The standard InChI is InChI=1S/C28H48N4O5/c1-28(2)16-21(27(37)31(28)5)26(36)22(15-19-9-7-6-8-10-19)32(18-20-11-12-20)24(34)14-13-23(33)29-17-25(35)30(3)4/h19-22,26,36H,6-18H2,1-5H3,(H,29,33)/t21-,22-,26-/m0/s1. The van der Waals surface area contributed by atoms with Gasteiger partial charge in [0.25, 0.3) is 0 Å². The molecule has 3 atom stereocenters. The van der Waals surface area contributed by atoms with Crippen LogP contribution in [0.5, 0.6) is 0 Å². The SMILES string of the molecule is CN(C)C(=O)CNC(=O)CCC(=O)N(CC1CC1)[C@@H](CC1CCCCC1)[C@@H](O)[C@@H]1CC(C)(C)N(C)C1=O. The first-order chi connectivity index (χ1) is 17.4. The highest BCUT2D eigenvalue weighted by Crippen LogP contribution is 2.39. The largest absolute Gasteiger partial charge is 0.390 e. The summed E-state index contributed by atoms with van der Waals surface area (Å²) in [5.74, 6) is -0.467. The van der Waals surface area contributed by atoms with E-state index >= 15 is 0 Å². The van der Waals surface area contributed by atoms with Gasteiger partial charge in [-0.3, -0.25) is 19.2 Å². The monoisotopic (exact) mass is 520 g/mol. The van der Waals surface area contributed by atoms with Crippen LogP contribution in [-0.4, -0.2) is 95.4 Å². The lowest BCUT2D eigenvalue weighted by molar-refractivity contribution is -0.144. The molecule has 0 unspecified atom stereocenters. The quantitative estimate of drug-likeness (QED) is 0.410. The van der Waals surface area contributed by atoms with Crippen LogP contribution in [0.3, 0.4) is 0 Å². The van der Waals surface area contributed by atoms with E-state index in [4.69, 9.17) is 0 Å². The maximum Gasteiger partial charge on any atom is 0.241 e. The van der Waals surface area contributed by atoms with Crippen LogP contribution in [0.4, 0.5) is 0 Å². The summed E-state index contributed by atoms with van der Waals surface area (Å²) in [6.07, 6.45) is 8.15. The van der Waals surface area contributed by atoms with Crippen LogP contribution < -0.4 is 5.32 Å². The van der Waals surface area contributed by atoms with Gasteiger partial charge in [0.1, 0.15) is 0 Å². The van der Waals surface area contributed by atoms with Gasteiger partial charge in [0, 0.05) is 46.1 Å². The number of likely N-dealkylation sites (tertiary alicyclic amines) is 1. The number of hydrogen-bond donors (Lipinski definition) is 2. The van der Waals surface area contributed by atoms with E-state index in [0.29, 0.717) is 31.2 Å². The summed E-state index contributed by atoms with van der Waals surface area (Å²) >= 11 is 0. The fourth-order valence-electron chi connectivity index (χ4n) is 5.85. The van der Waals surface area contributed by atoms with Gasteiger partial charge in [-0.1, -0.05) is 32.1 Å². The molecule has 0 radical (unpaired) electrons. The number of likely N-dealkylation sites (N-methyl/N-ethyl adjacent to an activating group) is 1. The minimum atomic E-state index is -0.937. The van der Waals surface area contributed by atoms with Crippen molar-refractivity contribution in [2.45, 2.75) is 102 Å². The van der Waals surface area contributed by atoms with Gasteiger partial charge in [0.05, 0.1) is 24.6 Å². The zero-order valence-electron chi connectivity index (χ0n) is 23.5. The highest BCUT2D eigenvalue weighted by molar-refractivity contribution is 5.87. The van der Waals surface area contributed by atoms with Gasteiger partial charge >= 0.3 is 0 Å². The molecule has 210 valence electrons. The summed E-state index contributed by atoms with van der Waals surface area (Å²) in [4.78, 5) is 55.8. The molecule has 0 aromatic heterocycles. The van der Waals surface area contributed by atoms with Crippen LogP contribution in [-0.2, 0) is 19.2 Å². The van der Waals surface area contributed by atoms with Crippen molar-refractivity contribution in [3.8, 4) is 0 Å². The first-order valence-corrected chi connectivity index (χ1v) is 14.1. The maximum atomic E-state index is 13.6. The fraction of sp³-hybridized carbons (Fsp3) is 0.857. The molecule has 4 amide bonds. The zero-order valence-corrected chi connectivity index (χ0v) is 23.5. The minimum absolute atomic E-state index is 0.00885. The molecule has 0 bridgehead atoms. The highest BCUT2D eigenvalue weighted by Gasteiger charge is 2.49. The predicted octanol–water partition coefficient (Wildman–Crippen LogP) is 2.17. The highest BCUT2D eigenvalue weighted by atomic mass is 16.3. The molecule has 37 heavy (non-hydrogen) atoms. The molecule has 0 aromatic carbocycles. The Kier molecular flexibility index (Phi) is 10.0. The van der Waals surface area contributed by atoms with Gasteiger partial charge in [-0.2, -0.15) is 0 Å². The first kappa shape index (κ1) is 29.4. The summed E-state index contributed by atoms with van der Waals surface area (Å²) in [6.45, 7) is 4.50. The van der Waals surface area contributed by atoms with Crippen LogP contribution in [0, 0.1) is 17.8 Å². The number of aliphatic hydroxyl groups excluding tert-OH is 1. The van der Waals surface area contributed by atoms with Crippen molar-refractivity contribution in [1.82, 2.24) is 20.0 Å². The molecule has 1 saturated heterocycles.